The van der Waals surface area contributed by atoms with Crippen LogP contribution in [0, 0.1) is 0 Å². The van der Waals surface area contributed by atoms with Crippen LogP contribution >= 0.6 is 0 Å². The number of aliphatic hydroxyl groups is 8. The Labute approximate surface area is 199 Å². The van der Waals surface area contributed by atoms with E-state index in [4.69, 9.17) is 40.9 Å². The molecule has 16 heteroatoms. The Morgan fingerprint density at radius 1 is 0.829 bits per heavy atom. The van der Waals surface area contributed by atoms with Crippen LogP contribution in [0.3, 0.4) is 0 Å². The van der Waals surface area contributed by atoms with Crippen LogP contribution in [-0.4, -0.2) is 152 Å². The molecule has 1 aliphatic carbocycles. The highest BCUT2D eigenvalue weighted by atomic mass is 16.9. The molecule has 15 unspecified atom stereocenters. The third kappa shape index (κ3) is 4.61. The molecular weight excluding hydrogens is 478 g/mol. The molecule has 4 aliphatic rings. The summed E-state index contributed by atoms with van der Waals surface area (Å²) in [5.74, 6) is -2.49. The van der Waals surface area contributed by atoms with Gasteiger partial charge in [-0.1, -0.05) is 0 Å². The summed E-state index contributed by atoms with van der Waals surface area (Å²) in [7, 11) is 0. The van der Waals surface area contributed by atoms with Crippen molar-refractivity contribution in [2.24, 2.45) is 17.2 Å². The number of hydrogen-bond acceptors (Lipinski definition) is 16. The van der Waals surface area contributed by atoms with Crippen molar-refractivity contribution in [2.75, 3.05) is 13.2 Å². The molecule has 4 rings (SSSR count). The van der Waals surface area contributed by atoms with Gasteiger partial charge in [0, 0.05) is 12.1 Å². The molecule has 0 aromatic heterocycles. The summed E-state index contributed by atoms with van der Waals surface area (Å²) in [5.41, 5.74) is 17.5. The molecule has 0 aromatic rings. The first-order valence-electron chi connectivity index (χ1n) is 11.4. The lowest BCUT2D eigenvalue weighted by Crippen LogP contribution is -2.69. The fourth-order valence-corrected chi connectivity index (χ4v) is 4.98. The maximum Gasteiger partial charge on any atom is 0.314 e. The summed E-state index contributed by atoms with van der Waals surface area (Å²) >= 11 is 0. The van der Waals surface area contributed by atoms with E-state index < -0.39 is 111 Å². The van der Waals surface area contributed by atoms with E-state index in [1.165, 1.54) is 0 Å². The van der Waals surface area contributed by atoms with Crippen molar-refractivity contribution in [1.82, 2.24) is 0 Å². The van der Waals surface area contributed by atoms with Crippen LogP contribution in [0.1, 0.15) is 6.42 Å². The first-order valence-corrected chi connectivity index (χ1v) is 11.4. The van der Waals surface area contributed by atoms with Crippen LogP contribution in [0.5, 0.6) is 0 Å². The Hall–Kier alpha value is -0.640. The van der Waals surface area contributed by atoms with Crippen LogP contribution < -0.4 is 17.2 Å². The van der Waals surface area contributed by atoms with E-state index >= 15 is 0 Å². The molecule has 16 nitrogen and oxygen atoms in total. The van der Waals surface area contributed by atoms with Gasteiger partial charge in [-0.15, -0.1) is 0 Å². The van der Waals surface area contributed by atoms with Gasteiger partial charge in [-0.25, -0.2) is 0 Å². The summed E-state index contributed by atoms with van der Waals surface area (Å²) in [6.45, 7) is -1.35. The molecule has 3 heterocycles. The summed E-state index contributed by atoms with van der Waals surface area (Å²) in [6.07, 6.45) is -18.2. The fraction of sp³-hybridized carbons (Fsp3) is 1.00. The molecular formula is C19H35N3O13. The highest BCUT2D eigenvalue weighted by molar-refractivity contribution is 5.04. The molecule has 4 fully saturated rings. The molecule has 0 amide bonds. The summed E-state index contributed by atoms with van der Waals surface area (Å²) in [4.78, 5) is 0. The minimum atomic E-state index is -2.49. The number of fused-ring (bicyclic) bond motifs is 1. The molecule has 15 atom stereocenters. The number of hydrogen-bond donors (Lipinski definition) is 11. The number of aliphatic hydroxyl groups excluding tert-OH is 8. The first-order chi connectivity index (χ1) is 16.5. The lowest BCUT2D eigenvalue weighted by Gasteiger charge is -2.46. The van der Waals surface area contributed by atoms with E-state index in [0.29, 0.717) is 0 Å². The first kappa shape index (κ1) is 27.4. The van der Waals surface area contributed by atoms with Gasteiger partial charge in [-0.05, 0) is 6.42 Å². The highest BCUT2D eigenvalue weighted by Crippen LogP contribution is 2.45. The van der Waals surface area contributed by atoms with E-state index in [2.05, 4.69) is 0 Å². The zero-order chi connectivity index (χ0) is 25.8. The predicted molar refractivity (Wildman–Crippen MR) is 110 cm³/mol. The van der Waals surface area contributed by atoms with Gasteiger partial charge in [0.2, 0.25) is 0 Å². The van der Waals surface area contributed by atoms with Gasteiger partial charge >= 0.3 is 5.97 Å². The SMILES string of the molecule is NC1CC(N)C(O)C(OC2OC(CO)C(O)C3OC4(OC(C(N)CO)C(O)C(O)C4O)OC23)C1O. The normalized spacial score (nSPS) is 55.6. The van der Waals surface area contributed by atoms with Crippen LogP contribution in [0.4, 0.5) is 0 Å². The van der Waals surface area contributed by atoms with Gasteiger partial charge in [0.05, 0.1) is 31.5 Å². The van der Waals surface area contributed by atoms with Crippen molar-refractivity contribution in [2.45, 2.75) is 104 Å². The maximum absolute atomic E-state index is 10.7. The van der Waals surface area contributed by atoms with E-state index in [0.717, 1.165) is 0 Å². The lowest BCUT2D eigenvalue weighted by molar-refractivity contribution is -0.439. The Bertz CT molecular complexity index is 726. The van der Waals surface area contributed by atoms with Gasteiger partial charge in [0.25, 0.3) is 0 Å². The number of ether oxygens (including phenoxy) is 5. The minimum absolute atomic E-state index is 0.118. The molecule has 1 saturated carbocycles. The third-order valence-electron chi connectivity index (χ3n) is 7.09. The van der Waals surface area contributed by atoms with Gasteiger partial charge in [-0.2, -0.15) is 0 Å². The van der Waals surface area contributed by atoms with Gasteiger partial charge in [-0.3, -0.25) is 0 Å². The zero-order valence-corrected chi connectivity index (χ0v) is 18.6. The zero-order valence-electron chi connectivity index (χ0n) is 18.6. The summed E-state index contributed by atoms with van der Waals surface area (Å²) in [5, 5.41) is 82.1. The minimum Gasteiger partial charge on any atom is -0.395 e. The summed E-state index contributed by atoms with van der Waals surface area (Å²) in [6, 6.07) is -2.87. The van der Waals surface area contributed by atoms with Crippen molar-refractivity contribution in [3.05, 3.63) is 0 Å². The third-order valence-corrected chi connectivity index (χ3v) is 7.09. The van der Waals surface area contributed by atoms with Gasteiger partial charge < -0.3 is 81.7 Å². The van der Waals surface area contributed by atoms with Crippen molar-refractivity contribution < 1.29 is 64.5 Å². The fourth-order valence-electron chi connectivity index (χ4n) is 4.98. The molecule has 3 aliphatic heterocycles. The maximum atomic E-state index is 10.7. The monoisotopic (exact) mass is 513 g/mol. The van der Waals surface area contributed by atoms with Crippen molar-refractivity contribution in [1.29, 1.82) is 0 Å². The molecule has 0 aromatic carbocycles. The second kappa shape index (κ2) is 10.3. The molecule has 1 spiro atoms. The van der Waals surface area contributed by atoms with E-state index in [9.17, 15) is 40.9 Å². The van der Waals surface area contributed by atoms with Crippen molar-refractivity contribution in [3.63, 3.8) is 0 Å². The Morgan fingerprint density at radius 3 is 2.00 bits per heavy atom. The lowest BCUT2D eigenvalue weighted by atomic mass is 9.84. The Morgan fingerprint density at radius 2 is 1.43 bits per heavy atom. The molecule has 0 bridgehead atoms. The smallest absolute Gasteiger partial charge is 0.314 e. The average molecular weight is 513 g/mol. The molecule has 204 valence electrons. The average Bonchev–Trinajstić information content (AvgIpc) is 3.23. The van der Waals surface area contributed by atoms with Crippen molar-refractivity contribution >= 4 is 0 Å². The van der Waals surface area contributed by atoms with Crippen LogP contribution in [-0.2, 0) is 23.7 Å². The summed E-state index contributed by atoms with van der Waals surface area (Å²) < 4.78 is 28.5. The van der Waals surface area contributed by atoms with E-state index in [1.807, 2.05) is 0 Å². The quantitative estimate of drug-likeness (QED) is 0.163. The largest absolute Gasteiger partial charge is 0.395 e. The Kier molecular flexibility index (Phi) is 8.03. The number of nitrogens with two attached hydrogens (primary N) is 3. The molecule has 3 saturated heterocycles. The predicted octanol–water partition coefficient (Wildman–Crippen LogP) is -7.53. The van der Waals surface area contributed by atoms with Crippen LogP contribution in [0.2, 0.25) is 0 Å². The van der Waals surface area contributed by atoms with E-state index in [-0.39, 0.29) is 6.42 Å². The van der Waals surface area contributed by atoms with Crippen molar-refractivity contribution in [3.8, 4) is 0 Å². The molecule has 14 N–H and O–H groups in total. The number of rotatable bonds is 5. The molecule has 35 heavy (non-hydrogen) atoms. The molecule has 0 radical (unpaired) electrons. The highest BCUT2D eigenvalue weighted by Gasteiger charge is 2.67. The Balaban J connectivity index is 1.62. The standard InChI is InChI=1S/C19H35N3O13/c20-4-1-5(21)9(26)14(8(4)25)32-18-16-15(10(27)7(3-24)31-18)34-19(35-16)17(30)12(29)11(28)13(33-19)6(22)2-23/h4-18,23-30H,1-3,20-22H2. The second-order valence-corrected chi connectivity index (χ2v) is 9.48. The van der Waals surface area contributed by atoms with E-state index in [1.54, 1.807) is 0 Å². The second-order valence-electron chi connectivity index (χ2n) is 9.48. The van der Waals surface area contributed by atoms with Gasteiger partial charge in [0.15, 0.2) is 12.4 Å². The topological polar surface area (TPSA) is 286 Å². The van der Waals surface area contributed by atoms with Crippen LogP contribution in [0.25, 0.3) is 0 Å². The van der Waals surface area contributed by atoms with Crippen LogP contribution in [0.15, 0.2) is 0 Å². The van der Waals surface area contributed by atoms with Gasteiger partial charge in [0.1, 0.15) is 48.8 Å².